The Kier molecular flexibility index (Phi) is 6.93. The largest absolute Gasteiger partial charge is 0.508 e. The summed E-state index contributed by atoms with van der Waals surface area (Å²) in [6, 6.07) is 15.3. The summed E-state index contributed by atoms with van der Waals surface area (Å²) in [4.78, 5) is 14.9. The molecule has 33 heavy (non-hydrogen) atoms. The highest BCUT2D eigenvalue weighted by Crippen LogP contribution is 2.35. The second-order valence-electron chi connectivity index (χ2n) is 8.14. The van der Waals surface area contributed by atoms with E-state index in [1.165, 1.54) is 30.3 Å². The monoisotopic (exact) mass is 472 g/mol. The number of carbonyl (C=O) groups is 1. The Morgan fingerprint density at radius 3 is 2.33 bits per heavy atom. The molecule has 4 rings (SSSR count). The number of benzene rings is 3. The first-order valence-electron chi connectivity index (χ1n) is 10.5. The first kappa shape index (κ1) is 23.2. The number of nitrogens with one attached hydrogen (secondary N) is 1. The SMILES string of the molecule is O=C(NCc1ccc(F)cc1)[C@@H]1[C@H](O)[C@@H](c2ccc(F)cc2)CN1Cc1cc(Cl)ccc1O. The number of amides is 1. The maximum absolute atomic E-state index is 13.4. The van der Waals surface area contributed by atoms with Crippen LogP contribution in [0, 0.1) is 11.6 Å². The number of likely N-dealkylation sites (tertiary alicyclic amines) is 1. The third kappa shape index (κ3) is 5.33. The van der Waals surface area contributed by atoms with Crippen LogP contribution < -0.4 is 5.32 Å². The van der Waals surface area contributed by atoms with Crippen molar-refractivity contribution in [1.29, 1.82) is 0 Å². The van der Waals surface area contributed by atoms with Crippen molar-refractivity contribution < 1.29 is 23.8 Å². The van der Waals surface area contributed by atoms with E-state index in [1.54, 1.807) is 41.3 Å². The molecular weight excluding hydrogens is 450 g/mol. The number of hydrogen-bond acceptors (Lipinski definition) is 4. The number of rotatable bonds is 6. The van der Waals surface area contributed by atoms with E-state index in [0.29, 0.717) is 28.3 Å². The van der Waals surface area contributed by atoms with E-state index in [1.807, 2.05) is 0 Å². The minimum Gasteiger partial charge on any atom is -0.508 e. The fraction of sp³-hybridized carbons (Fsp3) is 0.240. The Balaban J connectivity index is 1.57. The average molecular weight is 473 g/mol. The number of phenols is 1. The molecule has 1 saturated heterocycles. The predicted molar refractivity (Wildman–Crippen MR) is 121 cm³/mol. The summed E-state index contributed by atoms with van der Waals surface area (Å²) >= 11 is 6.08. The number of aromatic hydroxyl groups is 1. The summed E-state index contributed by atoms with van der Waals surface area (Å²) in [5.74, 6) is -1.57. The molecule has 0 bridgehead atoms. The predicted octanol–water partition coefficient (Wildman–Crippen LogP) is 3.97. The van der Waals surface area contributed by atoms with Crippen molar-refractivity contribution in [2.24, 2.45) is 0 Å². The molecule has 0 aromatic heterocycles. The van der Waals surface area contributed by atoms with Crippen LogP contribution in [0.1, 0.15) is 22.6 Å². The number of nitrogens with zero attached hydrogens (tertiary/aromatic N) is 1. The van der Waals surface area contributed by atoms with Gasteiger partial charge in [0.15, 0.2) is 0 Å². The normalized spacial score (nSPS) is 20.7. The molecule has 3 aromatic carbocycles. The van der Waals surface area contributed by atoms with Gasteiger partial charge in [0.2, 0.25) is 5.91 Å². The van der Waals surface area contributed by atoms with Gasteiger partial charge in [0.25, 0.3) is 0 Å². The Morgan fingerprint density at radius 2 is 1.67 bits per heavy atom. The van der Waals surface area contributed by atoms with Crippen molar-refractivity contribution in [3.63, 3.8) is 0 Å². The average Bonchev–Trinajstić information content (AvgIpc) is 3.12. The third-order valence-electron chi connectivity index (χ3n) is 5.92. The smallest absolute Gasteiger partial charge is 0.240 e. The summed E-state index contributed by atoms with van der Waals surface area (Å²) in [7, 11) is 0. The van der Waals surface area contributed by atoms with Gasteiger partial charge in [-0.05, 0) is 53.6 Å². The fourth-order valence-corrected chi connectivity index (χ4v) is 4.40. The van der Waals surface area contributed by atoms with Crippen molar-refractivity contribution in [1.82, 2.24) is 10.2 Å². The van der Waals surface area contributed by atoms with Crippen LogP contribution in [0.5, 0.6) is 5.75 Å². The molecule has 1 amide bonds. The van der Waals surface area contributed by atoms with E-state index in [-0.39, 0.29) is 30.5 Å². The minimum atomic E-state index is -1.06. The zero-order valence-corrected chi connectivity index (χ0v) is 18.3. The van der Waals surface area contributed by atoms with Crippen molar-refractivity contribution in [3.8, 4) is 5.75 Å². The molecule has 3 aromatic rings. The van der Waals surface area contributed by atoms with Gasteiger partial charge in [-0.2, -0.15) is 0 Å². The van der Waals surface area contributed by atoms with E-state index in [2.05, 4.69) is 5.32 Å². The topological polar surface area (TPSA) is 72.8 Å². The summed E-state index contributed by atoms with van der Waals surface area (Å²) < 4.78 is 26.6. The van der Waals surface area contributed by atoms with E-state index < -0.39 is 24.0 Å². The third-order valence-corrected chi connectivity index (χ3v) is 6.16. The molecule has 1 aliphatic heterocycles. The molecule has 0 spiro atoms. The number of hydrogen-bond donors (Lipinski definition) is 3. The molecule has 0 saturated carbocycles. The number of aliphatic hydroxyl groups excluding tert-OH is 1. The first-order chi connectivity index (χ1) is 15.8. The Morgan fingerprint density at radius 1 is 1.03 bits per heavy atom. The zero-order valence-electron chi connectivity index (χ0n) is 17.6. The summed E-state index contributed by atoms with van der Waals surface area (Å²) in [5.41, 5.74) is 1.94. The maximum Gasteiger partial charge on any atom is 0.240 e. The van der Waals surface area contributed by atoms with Gasteiger partial charge in [0.05, 0.1) is 6.10 Å². The highest BCUT2D eigenvalue weighted by atomic mass is 35.5. The van der Waals surface area contributed by atoms with Crippen LogP contribution in [0.25, 0.3) is 0 Å². The number of carbonyl (C=O) groups excluding carboxylic acids is 1. The van der Waals surface area contributed by atoms with Crippen LogP contribution in [0.4, 0.5) is 8.78 Å². The second kappa shape index (κ2) is 9.87. The molecule has 1 heterocycles. The van der Waals surface area contributed by atoms with Gasteiger partial charge in [0, 0.05) is 36.1 Å². The van der Waals surface area contributed by atoms with E-state index in [9.17, 15) is 23.8 Å². The summed E-state index contributed by atoms with van der Waals surface area (Å²) in [6.07, 6.45) is -1.06. The van der Waals surface area contributed by atoms with Crippen molar-refractivity contribution >= 4 is 17.5 Å². The lowest BCUT2D eigenvalue weighted by atomic mass is 9.93. The van der Waals surface area contributed by atoms with Crippen LogP contribution in [0.3, 0.4) is 0 Å². The Labute approximate surface area is 195 Å². The van der Waals surface area contributed by atoms with Crippen molar-refractivity contribution in [2.75, 3.05) is 6.54 Å². The van der Waals surface area contributed by atoms with Crippen LogP contribution >= 0.6 is 11.6 Å². The molecule has 1 aliphatic rings. The standard InChI is InChI=1S/C25H23ClF2N2O3/c26-18-5-10-22(31)17(11-18)13-30-14-21(16-3-8-20(28)9-4-16)24(32)23(30)25(33)29-12-15-1-6-19(27)7-2-15/h1-11,21,23-24,31-32H,12-14H2,(H,29,33)/t21-,23+,24-/m1/s1. The first-order valence-corrected chi connectivity index (χ1v) is 10.9. The lowest BCUT2D eigenvalue weighted by molar-refractivity contribution is -0.128. The second-order valence-corrected chi connectivity index (χ2v) is 8.58. The number of halogens is 3. The lowest BCUT2D eigenvalue weighted by Crippen LogP contribution is -2.47. The van der Waals surface area contributed by atoms with Crippen molar-refractivity contribution in [2.45, 2.75) is 31.2 Å². The van der Waals surface area contributed by atoms with Gasteiger partial charge in [-0.25, -0.2) is 8.78 Å². The molecule has 3 atom stereocenters. The van der Waals surface area contributed by atoms with Crippen LogP contribution in [0.15, 0.2) is 66.7 Å². The van der Waals surface area contributed by atoms with E-state index >= 15 is 0 Å². The highest BCUT2D eigenvalue weighted by Gasteiger charge is 2.45. The Hall–Kier alpha value is -3.00. The summed E-state index contributed by atoms with van der Waals surface area (Å²) in [6.45, 7) is 0.656. The van der Waals surface area contributed by atoms with Gasteiger partial charge < -0.3 is 15.5 Å². The van der Waals surface area contributed by atoms with E-state index in [0.717, 1.165) is 0 Å². The molecule has 0 aliphatic carbocycles. The maximum atomic E-state index is 13.4. The van der Waals surface area contributed by atoms with Gasteiger partial charge in [-0.1, -0.05) is 35.9 Å². The molecule has 0 unspecified atom stereocenters. The number of phenolic OH excluding ortho intramolecular Hbond substituents is 1. The van der Waals surface area contributed by atoms with Crippen LogP contribution in [-0.4, -0.2) is 39.7 Å². The van der Waals surface area contributed by atoms with E-state index in [4.69, 9.17) is 11.6 Å². The summed E-state index contributed by atoms with van der Waals surface area (Å²) in [5, 5.41) is 24.6. The molecule has 0 radical (unpaired) electrons. The fourth-order valence-electron chi connectivity index (χ4n) is 4.20. The number of aliphatic hydroxyl groups is 1. The molecule has 1 fully saturated rings. The van der Waals surface area contributed by atoms with Crippen LogP contribution in [0.2, 0.25) is 5.02 Å². The van der Waals surface area contributed by atoms with Gasteiger partial charge in [0.1, 0.15) is 23.4 Å². The Bertz CT molecular complexity index is 1130. The molecule has 172 valence electrons. The molecular formula is C25H23ClF2N2O3. The molecule has 3 N–H and O–H groups in total. The van der Waals surface area contributed by atoms with Gasteiger partial charge in [-0.15, -0.1) is 0 Å². The van der Waals surface area contributed by atoms with Gasteiger partial charge in [-0.3, -0.25) is 9.69 Å². The van der Waals surface area contributed by atoms with Crippen LogP contribution in [-0.2, 0) is 17.9 Å². The van der Waals surface area contributed by atoms with Gasteiger partial charge >= 0.3 is 0 Å². The minimum absolute atomic E-state index is 0.0320. The lowest BCUT2D eigenvalue weighted by Gasteiger charge is -2.25. The van der Waals surface area contributed by atoms with Crippen molar-refractivity contribution in [3.05, 3.63) is 100 Å². The molecule has 5 nitrogen and oxygen atoms in total. The highest BCUT2D eigenvalue weighted by molar-refractivity contribution is 6.30. The quantitative estimate of drug-likeness (QED) is 0.507. The zero-order chi connectivity index (χ0) is 23.5. The molecule has 8 heteroatoms.